The van der Waals surface area contributed by atoms with Crippen LogP contribution in [-0.2, 0) is 4.79 Å². The summed E-state index contributed by atoms with van der Waals surface area (Å²) in [5.74, 6) is 0.377. The van der Waals surface area contributed by atoms with E-state index in [1.165, 1.54) is 0 Å². The Bertz CT molecular complexity index is 701. The first-order valence-electron chi connectivity index (χ1n) is 7.87. The van der Waals surface area contributed by atoms with Crippen LogP contribution in [0.15, 0.2) is 36.9 Å². The number of primary amides is 1. The number of rotatable bonds is 8. The lowest BCUT2D eigenvalue weighted by atomic mass is 10.1. The smallest absolute Gasteiger partial charge is 0.248 e. The van der Waals surface area contributed by atoms with E-state index in [2.05, 4.69) is 17.2 Å². The van der Waals surface area contributed by atoms with Gasteiger partial charge in [-0.2, -0.15) is 0 Å². The second-order valence-electron chi connectivity index (χ2n) is 5.42. The van der Waals surface area contributed by atoms with Gasteiger partial charge in [0.25, 0.3) is 0 Å². The van der Waals surface area contributed by atoms with E-state index in [4.69, 9.17) is 5.73 Å². The molecule has 1 atom stereocenters. The Kier molecular flexibility index (Phi) is 6.43. The average Bonchev–Trinajstić information content (AvgIpc) is 3.09. The molecule has 0 aliphatic rings. The Balaban J connectivity index is 2.20. The van der Waals surface area contributed by atoms with Gasteiger partial charge in [0.15, 0.2) is 0 Å². The summed E-state index contributed by atoms with van der Waals surface area (Å²) < 4.78 is 1.73. The van der Waals surface area contributed by atoms with Gasteiger partial charge in [0, 0.05) is 18.0 Å². The fraction of sp³-hybridized carbons (Fsp3) is 0.353. The van der Waals surface area contributed by atoms with Crippen LogP contribution in [0.2, 0.25) is 0 Å². The minimum absolute atomic E-state index is 0.0655. The molecule has 0 fully saturated rings. The summed E-state index contributed by atoms with van der Waals surface area (Å²) in [6.07, 6.45) is 7.19. The lowest BCUT2D eigenvalue weighted by molar-refractivity contribution is -0.115. The topological polar surface area (TPSA) is 90.0 Å². The van der Waals surface area contributed by atoms with Gasteiger partial charge in [0.2, 0.25) is 11.8 Å². The number of benzene rings is 1. The molecule has 2 amide bonds. The molecule has 0 spiro atoms. The zero-order valence-electron chi connectivity index (χ0n) is 13.9. The van der Waals surface area contributed by atoms with Crippen molar-refractivity contribution in [3.63, 3.8) is 0 Å². The van der Waals surface area contributed by atoms with Crippen molar-refractivity contribution in [1.82, 2.24) is 9.55 Å². The summed E-state index contributed by atoms with van der Waals surface area (Å²) in [6.45, 7) is 4.02. The molecule has 0 aliphatic heterocycles. The van der Waals surface area contributed by atoms with Gasteiger partial charge in [-0.05, 0) is 37.3 Å². The third-order valence-corrected chi connectivity index (χ3v) is 4.80. The van der Waals surface area contributed by atoms with Crippen LogP contribution in [0.3, 0.4) is 0 Å². The standard InChI is InChI=1S/C17H22N4O2S/c1-3-4-9-24-12(2)17(23)20-14-6-5-13(16(18)22)10-15(14)21-8-7-19-11-21/h5-8,10-12H,3-4,9H2,1-2H3,(H2,18,22)(H,20,23). The molecule has 1 aromatic heterocycles. The van der Waals surface area contributed by atoms with Gasteiger partial charge >= 0.3 is 0 Å². The molecular weight excluding hydrogens is 324 g/mol. The second kappa shape index (κ2) is 8.54. The van der Waals surface area contributed by atoms with E-state index >= 15 is 0 Å². The van der Waals surface area contributed by atoms with Gasteiger partial charge in [-0.15, -0.1) is 11.8 Å². The normalized spacial score (nSPS) is 11.9. The Hall–Kier alpha value is -2.28. The number of anilines is 1. The summed E-state index contributed by atoms with van der Waals surface area (Å²) in [5.41, 5.74) is 7.00. The lowest BCUT2D eigenvalue weighted by Gasteiger charge is -2.16. The van der Waals surface area contributed by atoms with Crippen LogP contribution in [0.5, 0.6) is 0 Å². The molecule has 2 aromatic rings. The van der Waals surface area contributed by atoms with E-state index in [0.717, 1.165) is 18.6 Å². The zero-order chi connectivity index (χ0) is 17.5. The van der Waals surface area contributed by atoms with Gasteiger partial charge < -0.3 is 15.6 Å². The van der Waals surface area contributed by atoms with Gasteiger partial charge in [0.1, 0.15) is 0 Å². The molecular formula is C17H22N4O2S. The van der Waals surface area contributed by atoms with Crippen LogP contribution in [0.1, 0.15) is 37.0 Å². The summed E-state index contributed by atoms with van der Waals surface area (Å²) in [4.78, 5) is 27.8. The largest absolute Gasteiger partial charge is 0.366 e. The summed E-state index contributed by atoms with van der Waals surface area (Å²) >= 11 is 1.63. The predicted molar refractivity (Wildman–Crippen MR) is 97.5 cm³/mol. The van der Waals surface area contributed by atoms with E-state index in [9.17, 15) is 9.59 Å². The van der Waals surface area contributed by atoms with E-state index in [1.807, 2.05) is 6.92 Å². The number of hydrogen-bond donors (Lipinski definition) is 2. The first-order chi connectivity index (χ1) is 11.5. The number of carbonyl (C=O) groups excluding carboxylic acids is 2. The number of nitrogens with zero attached hydrogens (tertiary/aromatic N) is 2. The van der Waals surface area contributed by atoms with Gasteiger partial charge in [-0.1, -0.05) is 13.3 Å². The highest BCUT2D eigenvalue weighted by molar-refractivity contribution is 8.00. The van der Waals surface area contributed by atoms with Crippen LogP contribution >= 0.6 is 11.8 Å². The fourth-order valence-corrected chi connectivity index (χ4v) is 3.14. The second-order valence-corrected chi connectivity index (χ2v) is 6.87. The van der Waals surface area contributed by atoms with Crippen LogP contribution in [-0.4, -0.2) is 32.4 Å². The molecule has 128 valence electrons. The maximum atomic E-state index is 12.4. The minimum atomic E-state index is -0.516. The first kappa shape index (κ1) is 18.1. The molecule has 2 rings (SSSR count). The summed E-state index contributed by atoms with van der Waals surface area (Å²) in [5, 5.41) is 2.78. The van der Waals surface area contributed by atoms with E-state index < -0.39 is 5.91 Å². The maximum Gasteiger partial charge on any atom is 0.248 e. The molecule has 7 heteroatoms. The molecule has 3 N–H and O–H groups in total. The SMILES string of the molecule is CCCCSC(C)C(=O)Nc1ccc(C(N)=O)cc1-n1ccnc1. The average molecular weight is 346 g/mol. The third kappa shape index (κ3) is 4.61. The molecule has 1 unspecified atom stereocenters. The Labute approximate surface area is 145 Å². The third-order valence-electron chi connectivity index (χ3n) is 3.56. The van der Waals surface area contributed by atoms with Crippen LogP contribution in [0, 0.1) is 0 Å². The van der Waals surface area contributed by atoms with Crippen molar-refractivity contribution in [2.24, 2.45) is 5.73 Å². The molecule has 0 radical (unpaired) electrons. The number of nitrogens with one attached hydrogen (secondary N) is 1. The number of aromatic nitrogens is 2. The van der Waals surface area contributed by atoms with E-state index in [0.29, 0.717) is 16.9 Å². The van der Waals surface area contributed by atoms with Crippen molar-refractivity contribution >= 4 is 29.3 Å². The number of carbonyl (C=O) groups is 2. The Morgan fingerprint density at radius 3 is 2.83 bits per heavy atom. The van der Waals surface area contributed by atoms with Crippen LogP contribution in [0.25, 0.3) is 5.69 Å². The molecule has 0 aliphatic carbocycles. The van der Waals surface area contributed by atoms with E-state index in [1.54, 1.807) is 53.2 Å². The number of hydrogen-bond acceptors (Lipinski definition) is 4. The van der Waals surface area contributed by atoms with Crippen LogP contribution in [0.4, 0.5) is 5.69 Å². The highest BCUT2D eigenvalue weighted by Gasteiger charge is 2.16. The zero-order valence-corrected chi connectivity index (χ0v) is 14.7. The van der Waals surface area contributed by atoms with Gasteiger partial charge in [0.05, 0.1) is 23.0 Å². The molecule has 24 heavy (non-hydrogen) atoms. The van der Waals surface area contributed by atoms with Gasteiger partial charge in [-0.25, -0.2) is 4.98 Å². The minimum Gasteiger partial charge on any atom is -0.366 e. The Morgan fingerprint density at radius 2 is 2.21 bits per heavy atom. The van der Waals surface area contributed by atoms with Crippen molar-refractivity contribution < 1.29 is 9.59 Å². The fourth-order valence-electron chi connectivity index (χ4n) is 2.12. The number of nitrogens with two attached hydrogens (primary N) is 1. The van der Waals surface area contributed by atoms with E-state index in [-0.39, 0.29) is 11.2 Å². The first-order valence-corrected chi connectivity index (χ1v) is 8.92. The van der Waals surface area contributed by atoms with Crippen molar-refractivity contribution in [2.45, 2.75) is 31.9 Å². The summed E-state index contributed by atoms with van der Waals surface area (Å²) in [6, 6.07) is 4.94. The molecule has 1 heterocycles. The molecule has 6 nitrogen and oxygen atoms in total. The molecule has 1 aromatic carbocycles. The van der Waals surface area contributed by atoms with Crippen molar-refractivity contribution in [3.8, 4) is 5.69 Å². The monoisotopic (exact) mass is 346 g/mol. The lowest BCUT2D eigenvalue weighted by Crippen LogP contribution is -2.24. The van der Waals surface area contributed by atoms with Crippen molar-refractivity contribution in [1.29, 1.82) is 0 Å². The highest BCUT2D eigenvalue weighted by Crippen LogP contribution is 2.23. The molecule has 0 bridgehead atoms. The van der Waals surface area contributed by atoms with Gasteiger partial charge in [-0.3, -0.25) is 9.59 Å². The van der Waals surface area contributed by atoms with Crippen molar-refractivity contribution in [2.75, 3.05) is 11.1 Å². The number of amides is 2. The quantitative estimate of drug-likeness (QED) is 0.719. The summed E-state index contributed by atoms with van der Waals surface area (Å²) in [7, 11) is 0. The predicted octanol–water partition coefficient (Wildman–Crippen LogP) is 2.83. The number of unbranched alkanes of at least 4 members (excludes halogenated alkanes) is 1. The molecule has 0 saturated heterocycles. The molecule has 0 saturated carbocycles. The number of thioether (sulfide) groups is 1. The Morgan fingerprint density at radius 1 is 1.42 bits per heavy atom. The highest BCUT2D eigenvalue weighted by atomic mass is 32.2. The maximum absolute atomic E-state index is 12.4. The van der Waals surface area contributed by atoms with Crippen LogP contribution < -0.4 is 11.1 Å². The van der Waals surface area contributed by atoms with Crippen molar-refractivity contribution in [3.05, 3.63) is 42.5 Å². The number of imidazole rings is 1.